The third-order valence-corrected chi connectivity index (χ3v) is 6.55. The summed E-state index contributed by atoms with van der Waals surface area (Å²) >= 11 is 0. The van der Waals surface area contributed by atoms with Crippen molar-refractivity contribution in [3.8, 4) is 45.2 Å². The molecular weight excluding hydrogens is 943 g/mol. The first-order chi connectivity index (χ1) is 22.3. The molecule has 0 fully saturated rings. The predicted molar refractivity (Wildman–Crippen MR) is 177 cm³/mol. The van der Waals surface area contributed by atoms with E-state index < -0.39 is 0 Å². The molecule has 0 aliphatic rings. The molecule has 0 amide bonds. The first-order valence-corrected chi connectivity index (χ1v) is 14.3. The molecule has 5 aromatic heterocycles. The van der Waals surface area contributed by atoms with E-state index in [1.54, 1.807) is 24.9 Å². The van der Waals surface area contributed by atoms with E-state index in [1.165, 1.54) is 0 Å². The van der Waals surface area contributed by atoms with E-state index in [9.17, 15) is 0 Å². The zero-order chi connectivity index (χ0) is 30.5. The largest absolute Gasteiger partial charge is 2.00 e. The molecule has 5 nitrogen and oxygen atoms in total. The summed E-state index contributed by atoms with van der Waals surface area (Å²) < 4.78 is 5.03. The van der Waals surface area contributed by atoms with Crippen LogP contribution in [0.2, 0.25) is 0 Å². The fourth-order valence-corrected chi connectivity index (χ4v) is 4.39. The zero-order valence-electron chi connectivity index (χ0n) is 24.8. The SMILES string of the molecule is [Pt+2].[Pt+2].[c-]1c(-c2ccccn2)cccc1-c1ccccn1.[c-]1cccc2oc[c-]c12.[c-]1ccccc1-c1cccc(-c2ccccn2)n1. The van der Waals surface area contributed by atoms with Gasteiger partial charge in [0.25, 0.3) is 0 Å². The van der Waals surface area contributed by atoms with Crippen molar-refractivity contribution in [2.75, 3.05) is 0 Å². The van der Waals surface area contributed by atoms with Crippen LogP contribution >= 0.6 is 0 Å². The van der Waals surface area contributed by atoms with Crippen LogP contribution < -0.4 is 0 Å². The van der Waals surface area contributed by atoms with Crippen LogP contribution in [0, 0.1) is 24.3 Å². The third-order valence-electron chi connectivity index (χ3n) is 6.55. The summed E-state index contributed by atoms with van der Waals surface area (Å²) in [6.07, 6.45) is 6.90. The number of fused-ring (bicyclic) bond motifs is 1. The van der Waals surface area contributed by atoms with Gasteiger partial charge in [0, 0.05) is 30.0 Å². The summed E-state index contributed by atoms with van der Waals surface area (Å²) in [5.41, 5.74) is 8.34. The Hall–Kier alpha value is -4.82. The first-order valence-electron chi connectivity index (χ1n) is 14.3. The number of rotatable bonds is 4. The van der Waals surface area contributed by atoms with Crippen LogP contribution in [0.5, 0.6) is 0 Å². The van der Waals surface area contributed by atoms with Crippen LogP contribution in [0.15, 0.2) is 163 Å². The number of pyridine rings is 4. The minimum Gasteiger partial charge on any atom is -0.572 e. The monoisotopic (exact) mass is 968 g/mol. The molecule has 232 valence electrons. The second kappa shape index (κ2) is 18.4. The molecule has 8 rings (SSSR count). The summed E-state index contributed by atoms with van der Waals surface area (Å²) in [7, 11) is 0. The van der Waals surface area contributed by atoms with E-state index in [4.69, 9.17) is 4.42 Å². The normalized spacial score (nSPS) is 9.79. The average Bonchev–Trinajstić information content (AvgIpc) is 3.63. The van der Waals surface area contributed by atoms with Gasteiger partial charge >= 0.3 is 42.1 Å². The van der Waals surface area contributed by atoms with Gasteiger partial charge in [-0.05, 0) is 42.3 Å². The second-order valence-corrected chi connectivity index (χ2v) is 9.60. The first kappa shape index (κ1) is 35.0. The molecule has 0 aliphatic carbocycles. The average molecular weight is 969 g/mol. The van der Waals surface area contributed by atoms with E-state index in [0.29, 0.717) is 0 Å². The molecule has 0 unspecified atom stereocenters. The molecule has 5 heterocycles. The van der Waals surface area contributed by atoms with Gasteiger partial charge in [0.05, 0.1) is 11.4 Å². The molecular formula is C40H26N4OPt2. The topological polar surface area (TPSA) is 64.7 Å². The molecule has 0 bridgehead atoms. The van der Waals surface area contributed by atoms with Crippen molar-refractivity contribution in [3.05, 3.63) is 183 Å². The van der Waals surface area contributed by atoms with E-state index >= 15 is 0 Å². The maximum atomic E-state index is 5.03. The number of aromatic nitrogens is 4. The van der Waals surface area contributed by atoms with Crippen molar-refractivity contribution in [2.24, 2.45) is 0 Å². The van der Waals surface area contributed by atoms with E-state index in [1.807, 2.05) is 133 Å². The van der Waals surface area contributed by atoms with Crippen molar-refractivity contribution in [3.63, 3.8) is 0 Å². The Morgan fingerprint density at radius 3 is 1.57 bits per heavy atom. The van der Waals surface area contributed by atoms with Gasteiger partial charge in [-0.1, -0.05) is 59.2 Å². The fraction of sp³-hybridized carbons (Fsp3) is 0. The summed E-state index contributed by atoms with van der Waals surface area (Å²) in [6, 6.07) is 55.4. The minimum atomic E-state index is 0. The molecule has 47 heavy (non-hydrogen) atoms. The summed E-state index contributed by atoms with van der Waals surface area (Å²) in [4.78, 5) is 17.6. The van der Waals surface area contributed by atoms with Gasteiger partial charge in [-0.25, -0.2) is 23.6 Å². The van der Waals surface area contributed by atoms with Gasteiger partial charge in [0.1, 0.15) is 0 Å². The molecule has 0 N–H and O–H groups in total. The summed E-state index contributed by atoms with van der Waals surface area (Å²) in [5, 5.41) is 0.914. The Morgan fingerprint density at radius 2 is 0.979 bits per heavy atom. The summed E-state index contributed by atoms with van der Waals surface area (Å²) in [6.45, 7) is 0. The number of hydrogen-bond donors (Lipinski definition) is 0. The quantitative estimate of drug-likeness (QED) is 0.165. The zero-order valence-corrected chi connectivity index (χ0v) is 29.4. The smallest absolute Gasteiger partial charge is 0.572 e. The maximum Gasteiger partial charge on any atom is 2.00 e. The molecule has 0 spiro atoms. The summed E-state index contributed by atoms with van der Waals surface area (Å²) in [5.74, 6) is 0. The number of nitrogens with zero attached hydrogens (tertiary/aromatic N) is 4. The van der Waals surface area contributed by atoms with Crippen LogP contribution in [0.1, 0.15) is 0 Å². The van der Waals surface area contributed by atoms with Gasteiger partial charge in [-0.15, -0.1) is 60.2 Å². The van der Waals surface area contributed by atoms with Crippen molar-refractivity contribution in [1.82, 2.24) is 19.9 Å². The van der Waals surface area contributed by atoms with Crippen LogP contribution in [-0.4, -0.2) is 19.9 Å². The van der Waals surface area contributed by atoms with E-state index in [0.717, 1.165) is 56.1 Å². The van der Waals surface area contributed by atoms with Gasteiger partial charge < -0.3 is 4.42 Å². The van der Waals surface area contributed by atoms with Crippen LogP contribution in [0.4, 0.5) is 0 Å². The number of hydrogen-bond acceptors (Lipinski definition) is 5. The molecule has 3 aromatic carbocycles. The standard InChI is InChI=1S/2C16H11N2.C8H4O.2Pt/c1-3-10-17-15(8-1)13-6-5-7-14(12-13)16-9-2-4-11-18-16;1-2-7-13(8-3-1)14-10-6-11-16(18-14)15-9-4-5-12-17-15;1-2-4-8-7(3-1)5-6-9-8;;/h1-11H;1-7,9-12H;1-2,4,6H;;/q2*-1;-2;2*+2. The second-order valence-electron chi connectivity index (χ2n) is 9.60. The third kappa shape index (κ3) is 9.83. The molecule has 0 radical (unpaired) electrons. The Labute approximate surface area is 303 Å². The van der Waals surface area contributed by atoms with Crippen molar-refractivity contribution >= 4 is 11.0 Å². The molecule has 0 saturated heterocycles. The minimum absolute atomic E-state index is 0. The van der Waals surface area contributed by atoms with Gasteiger partial charge in [0.2, 0.25) is 0 Å². The predicted octanol–water partition coefficient (Wildman–Crippen LogP) is 9.25. The fourth-order valence-electron chi connectivity index (χ4n) is 4.39. The Balaban J connectivity index is 0.000000164. The van der Waals surface area contributed by atoms with Crippen molar-refractivity contribution < 1.29 is 46.5 Å². The maximum absolute atomic E-state index is 5.03. The molecule has 7 heteroatoms. The van der Waals surface area contributed by atoms with Gasteiger partial charge in [0.15, 0.2) is 0 Å². The van der Waals surface area contributed by atoms with Crippen molar-refractivity contribution in [1.29, 1.82) is 0 Å². The van der Waals surface area contributed by atoms with Crippen LogP contribution in [0.3, 0.4) is 0 Å². The number of benzene rings is 3. The molecule has 0 atom stereocenters. The Bertz CT molecular complexity index is 1800. The molecule has 0 saturated carbocycles. The van der Waals surface area contributed by atoms with Crippen LogP contribution in [-0.2, 0) is 42.1 Å². The van der Waals surface area contributed by atoms with Gasteiger partial charge in [-0.3, -0.25) is 26.0 Å². The van der Waals surface area contributed by atoms with Crippen molar-refractivity contribution in [2.45, 2.75) is 0 Å². The Kier molecular flexibility index (Phi) is 13.7. The van der Waals surface area contributed by atoms with Gasteiger partial charge in [-0.2, -0.15) is 6.07 Å². The Morgan fingerprint density at radius 1 is 0.426 bits per heavy atom. The van der Waals surface area contributed by atoms with E-state index in [2.05, 4.69) is 44.2 Å². The molecule has 0 aliphatic heterocycles. The van der Waals surface area contributed by atoms with Crippen LogP contribution in [0.25, 0.3) is 56.1 Å². The van der Waals surface area contributed by atoms with E-state index in [-0.39, 0.29) is 42.1 Å². The molecule has 8 aromatic rings. The number of furan rings is 1.